The van der Waals surface area contributed by atoms with Crippen LogP contribution in [-0.2, 0) is 14.2 Å². The highest BCUT2D eigenvalue weighted by Gasteiger charge is 2.30. The molecule has 0 fully saturated rings. The lowest BCUT2D eigenvalue weighted by Crippen LogP contribution is -2.35. The Labute approximate surface area is 205 Å². The number of benzene rings is 2. The van der Waals surface area contributed by atoms with Crippen molar-refractivity contribution >= 4 is 12.2 Å². The number of unbranched alkanes of at least 4 members (excludes halogenated alkanes) is 4. The average Bonchev–Trinajstić information content (AvgIpc) is 3.50. The van der Waals surface area contributed by atoms with Crippen molar-refractivity contribution in [3.8, 4) is 0 Å². The molecule has 3 unspecified atom stereocenters. The fourth-order valence-corrected chi connectivity index (χ4v) is 5.82. The molecule has 0 bridgehead atoms. The smallest absolute Gasteiger partial charge is 0.282 e. The second kappa shape index (κ2) is 12.0. The second-order valence-electron chi connectivity index (χ2n) is 9.71. The van der Waals surface area contributed by atoms with Crippen molar-refractivity contribution in [1.82, 2.24) is 0 Å². The highest BCUT2D eigenvalue weighted by atomic mass is 16.9. The summed E-state index contributed by atoms with van der Waals surface area (Å²) in [5, 5.41) is 0. The highest BCUT2D eigenvalue weighted by Crippen LogP contribution is 2.44. The Hall–Kier alpha value is -2.20. The summed E-state index contributed by atoms with van der Waals surface area (Å²) < 4.78 is 16.2. The molecule has 0 N–H and O–H groups in total. The minimum atomic E-state index is -0.890. The van der Waals surface area contributed by atoms with E-state index in [1.807, 2.05) is 0 Å². The van der Waals surface area contributed by atoms with Crippen LogP contribution in [0.4, 0.5) is 0 Å². The van der Waals surface area contributed by atoms with E-state index in [-0.39, 0.29) is 0 Å². The van der Waals surface area contributed by atoms with Gasteiger partial charge in [-0.05, 0) is 47.4 Å². The second-order valence-corrected chi connectivity index (χ2v) is 9.71. The molecule has 3 atom stereocenters. The Balaban J connectivity index is 1.32. The van der Waals surface area contributed by atoms with Crippen LogP contribution in [0.5, 0.6) is 0 Å². The van der Waals surface area contributed by atoms with Crippen LogP contribution < -0.4 is 0 Å². The Morgan fingerprint density at radius 1 is 0.706 bits per heavy atom. The lowest BCUT2D eigenvalue weighted by Gasteiger charge is -2.28. The van der Waals surface area contributed by atoms with E-state index >= 15 is 0 Å². The van der Waals surface area contributed by atoms with Gasteiger partial charge >= 0.3 is 0 Å². The number of hydrogen-bond acceptors (Lipinski definition) is 3. The summed E-state index contributed by atoms with van der Waals surface area (Å²) in [5.41, 5.74) is 5.81. The van der Waals surface area contributed by atoms with E-state index in [4.69, 9.17) is 14.2 Å². The van der Waals surface area contributed by atoms with Crippen LogP contribution in [0, 0.1) is 5.92 Å². The minimum Gasteiger partial charge on any atom is -0.331 e. The van der Waals surface area contributed by atoms with Gasteiger partial charge in [0, 0.05) is 39.6 Å². The fraction of sp³-hybridized carbons (Fsp3) is 0.484. The van der Waals surface area contributed by atoms with Crippen molar-refractivity contribution < 1.29 is 14.2 Å². The van der Waals surface area contributed by atoms with E-state index in [9.17, 15) is 0 Å². The topological polar surface area (TPSA) is 27.7 Å². The average molecular weight is 461 g/mol. The zero-order valence-corrected chi connectivity index (χ0v) is 21.0. The Morgan fingerprint density at radius 3 is 2.03 bits per heavy atom. The minimum absolute atomic E-state index is 0.531. The van der Waals surface area contributed by atoms with E-state index in [1.165, 1.54) is 60.8 Å². The predicted molar refractivity (Wildman–Crippen MR) is 141 cm³/mol. The first-order valence-corrected chi connectivity index (χ1v) is 12.9. The molecule has 0 saturated heterocycles. The quantitative estimate of drug-likeness (QED) is 0.211. The lowest BCUT2D eigenvalue weighted by atomic mass is 9.77. The summed E-state index contributed by atoms with van der Waals surface area (Å²) >= 11 is 0. The predicted octanol–water partition coefficient (Wildman–Crippen LogP) is 7.94. The third-order valence-electron chi connectivity index (χ3n) is 7.80. The molecule has 0 heterocycles. The number of fused-ring (bicyclic) bond motifs is 2. The molecular weight excluding hydrogens is 420 g/mol. The van der Waals surface area contributed by atoms with Gasteiger partial charge in [-0.1, -0.05) is 98.5 Å². The van der Waals surface area contributed by atoms with Gasteiger partial charge in [0.2, 0.25) is 0 Å². The van der Waals surface area contributed by atoms with E-state index < -0.39 is 5.97 Å². The standard InChI is InChI=1S/C31H40O3/c1-32-31(33-2,34-3)22-12-6-4-5-7-15-26(30-21-20-25-14-9-11-17-29(25)30)23-27-19-18-24-13-8-10-16-28(24)27/h8-11,13-14,16-21,26-27,30H,4-7,12,15,22-23H2,1-3H3. The zero-order chi connectivity index (χ0) is 23.8. The van der Waals surface area contributed by atoms with Gasteiger partial charge < -0.3 is 14.2 Å². The molecule has 2 aliphatic rings. The molecule has 0 aromatic heterocycles. The highest BCUT2D eigenvalue weighted by molar-refractivity contribution is 5.64. The molecule has 0 amide bonds. The van der Waals surface area contributed by atoms with E-state index in [1.54, 1.807) is 21.3 Å². The van der Waals surface area contributed by atoms with Crippen molar-refractivity contribution in [1.29, 1.82) is 0 Å². The third-order valence-corrected chi connectivity index (χ3v) is 7.80. The van der Waals surface area contributed by atoms with Crippen LogP contribution in [0.15, 0.2) is 60.7 Å². The molecule has 2 aliphatic carbocycles. The van der Waals surface area contributed by atoms with Gasteiger partial charge in [0.25, 0.3) is 5.97 Å². The summed E-state index contributed by atoms with van der Waals surface area (Å²) in [4.78, 5) is 0. The summed E-state index contributed by atoms with van der Waals surface area (Å²) in [5.74, 6) is 0.831. The van der Waals surface area contributed by atoms with Crippen LogP contribution >= 0.6 is 0 Å². The number of methoxy groups -OCH3 is 3. The number of allylic oxidation sites excluding steroid dienone is 2. The summed E-state index contributed by atoms with van der Waals surface area (Å²) in [6.07, 6.45) is 18.8. The first-order valence-electron chi connectivity index (χ1n) is 12.9. The molecule has 3 nitrogen and oxygen atoms in total. The molecule has 3 heteroatoms. The van der Waals surface area contributed by atoms with Crippen molar-refractivity contribution in [2.75, 3.05) is 21.3 Å². The molecular formula is C31H40O3. The molecule has 2 aromatic carbocycles. The van der Waals surface area contributed by atoms with Crippen LogP contribution in [0.25, 0.3) is 12.2 Å². The Bertz CT molecular complexity index is 964. The van der Waals surface area contributed by atoms with E-state index in [0.29, 0.717) is 17.8 Å². The molecule has 182 valence electrons. The normalized spacial score (nSPS) is 19.4. The van der Waals surface area contributed by atoms with Crippen molar-refractivity contribution in [3.05, 3.63) is 82.9 Å². The molecule has 0 saturated carbocycles. The number of hydrogen-bond donors (Lipinski definition) is 0. The number of ether oxygens (including phenoxy) is 3. The van der Waals surface area contributed by atoms with Crippen LogP contribution in [0.2, 0.25) is 0 Å². The van der Waals surface area contributed by atoms with Gasteiger partial charge in [0.1, 0.15) is 0 Å². The van der Waals surface area contributed by atoms with Gasteiger partial charge in [-0.15, -0.1) is 0 Å². The molecule has 34 heavy (non-hydrogen) atoms. The monoisotopic (exact) mass is 460 g/mol. The summed E-state index contributed by atoms with van der Waals surface area (Å²) in [6, 6.07) is 17.8. The van der Waals surface area contributed by atoms with Gasteiger partial charge in [0.15, 0.2) is 0 Å². The van der Waals surface area contributed by atoms with Crippen LogP contribution in [-0.4, -0.2) is 27.3 Å². The SMILES string of the molecule is COC(CCCCCCCC(CC1C=Cc2ccccc21)C1C=Cc2ccccc21)(OC)OC. The molecule has 0 aliphatic heterocycles. The van der Waals surface area contributed by atoms with Crippen molar-refractivity contribution in [2.24, 2.45) is 5.92 Å². The fourth-order valence-electron chi connectivity index (χ4n) is 5.82. The van der Waals surface area contributed by atoms with Crippen molar-refractivity contribution in [2.45, 2.75) is 69.2 Å². The molecule has 0 spiro atoms. The molecule has 0 radical (unpaired) electrons. The number of rotatable bonds is 14. The lowest BCUT2D eigenvalue weighted by molar-refractivity contribution is -0.355. The Kier molecular flexibility index (Phi) is 8.77. The summed E-state index contributed by atoms with van der Waals surface area (Å²) in [6.45, 7) is 0. The van der Waals surface area contributed by atoms with E-state index in [2.05, 4.69) is 72.8 Å². The van der Waals surface area contributed by atoms with Gasteiger partial charge in [0.05, 0.1) is 0 Å². The van der Waals surface area contributed by atoms with Gasteiger partial charge in [-0.3, -0.25) is 0 Å². The largest absolute Gasteiger partial charge is 0.331 e. The summed E-state index contributed by atoms with van der Waals surface area (Å²) in [7, 11) is 4.92. The van der Waals surface area contributed by atoms with Gasteiger partial charge in [-0.2, -0.15) is 0 Å². The van der Waals surface area contributed by atoms with Crippen LogP contribution in [0.1, 0.15) is 85.5 Å². The zero-order valence-electron chi connectivity index (χ0n) is 21.0. The maximum atomic E-state index is 5.41. The molecule has 2 aromatic rings. The third kappa shape index (κ3) is 5.71. The first kappa shape index (κ1) is 24.9. The maximum absolute atomic E-state index is 5.41. The van der Waals surface area contributed by atoms with Crippen molar-refractivity contribution in [3.63, 3.8) is 0 Å². The van der Waals surface area contributed by atoms with Gasteiger partial charge in [-0.25, -0.2) is 0 Å². The first-order chi connectivity index (χ1) is 16.7. The van der Waals surface area contributed by atoms with E-state index in [0.717, 1.165) is 12.8 Å². The Morgan fingerprint density at radius 2 is 1.29 bits per heavy atom. The van der Waals surface area contributed by atoms with Crippen LogP contribution in [0.3, 0.4) is 0 Å². The molecule has 4 rings (SSSR count). The maximum Gasteiger partial charge on any atom is 0.282 e.